The van der Waals surface area contributed by atoms with Gasteiger partial charge in [-0.05, 0) is 25.7 Å². The first kappa shape index (κ1) is 22.8. The Morgan fingerprint density at radius 1 is 1.12 bits per heavy atom. The van der Waals surface area contributed by atoms with Crippen LogP contribution >= 0.6 is 0 Å². The van der Waals surface area contributed by atoms with Crippen LogP contribution in [0.5, 0.6) is 0 Å². The van der Waals surface area contributed by atoms with Crippen molar-refractivity contribution in [3.63, 3.8) is 0 Å². The number of anilines is 1. The van der Waals surface area contributed by atoms with Crippen LogP contribution in [0.1, 0.15) is 31.2 Å². The van der Waals surface area contributed by atoms with Crippen molar-refractivity contribution >= 4 is 16.0 Å². The van der Waals surface area contributed by atoms with E-state index in [9.17, 15) is 30.4 Å². The lowest BCUT2D eigenvalue weighted by molar-refractivity contribution is -0.137. The molecule has 1 aliphatic heterocycles. The highest BCUT2D eigenvalue weighted by atomic mass is 32.2. The Kier molecular flexibility index (Phi) is 6.09. The summed E-state index contributed by atoms with van der Waals surface area (Å²) in [5, 5.41) is 2.67. The summed E-state index contributed by atoms with van der Waals surface area (Å²) in [6.07, 6.45) is -2.46. The lowest BCUT2D eigenvalue weighted by atomic mass is 10.1. The zero-order valence-electron chi connectivity index (χ0n) is 16.8. The van der Waals surface area contributed by atoms with Crippen LogP contribution in [0.25, 0.3) is 11.4 Å². The number of nitrogens with one attached hydrogen (secondary N) is 1. The Morgan fingerprint density at radius 3 is 2.41 bits per heavy atom. The molecular formula is C18H21F5N6O2S. The molecule has 1 aliphatic carbocycles. The number of halogens is 5. The van der Waals surface area contributed by atoms with E-state index in [1.54, 1.807) is 0 Å². The molecule has 2 aromatic rings. The normalized spacial score (nSPS) is 18.9. The van der Waals surface area contributed by atoms with Crippen LogP contribution < -0.4 is 5.32 Å². The molecule has 2 aromatic heterocycles. The molecule has 3 heterocycles. The second-order valence-electron chi connectivity index (χ2n) is 7.86. The van der Waals surface area contributed by atoms with Gasteiger partial charge in [0.1, 0.15) is 17.0 Å². The Hall–Kier alpha value is -2.35. The van der Waals surface area contributed by atoms with Crippen molar-refractivity contribution < 1.29 is 30.4 Å². The number of piperidine rings is 1. The topological polar surface area (TPSA) is 93.0 Å². The second-order valence-corrected chi connectivity index (χ2v) is 10.1. The third-order valence-corrected chi connectivity index (χ3v) is 7.81. The van der Waals surface area contributed by atoms with Gasteiger partial charge in [0.05, 0.1) is 18.1 Å². The molecule has 0 bridgehead atoms. The minimum absolute atomic E-state index is 0.0695. The van der Waals surface area contributed by atoms with E-state index < -0.39 is 40.4 Å². The van der Waals surface area contributed by atoms with Gasteiger partial charge in [-0.3, -0.25) is 0 Å². The van der Waals surface area contributed by atoms with E-state index in [2.05, 4.69) is 20.3 Å². The van der Waals surface area contributed by atoms with Gasteiger partial charge in [-0.25, -0.2) is 36.5 Å². The number of nitrogens with zero attached hydrogens (tertiary/aromatic N) is 5. The molecule has 0 amide bonds. The quantitative estimate of drug-likeness (QED) is 0.613. The monoisotopic (exact) mass is 480 g/mol. The molecule has 0 radical (unpaired) electrons. The maximum Gasteiger partial charge on any atom is 0.420 e. The molecule has 1 saturated carbocycles. The summed E-state index contributed by atoms with van der Waals surface area (Å²) in [6, 6.07) is -0.221. The molecule has 2 fully saturated rings. The number of hydrogen-bond acceptors (Lipinski definition) is 6. The maximum absolute atomic E-state index is 13.4. The van der Waals surface area contributed by atoms with Gasteiger partial charge in [0, 0.05) is 31.5 Å². The standard InChI is InChI=1S/C18H21F5N6O2S/c19-15(20)9-28-8-14(25-10-28)16-13(18(21,22)23)7-24-17(27-16)26-11-3-5-29(6-4-11)32(30,31)12-1-2-12/h7-8,10-12,15H,1-6,9H2,(H,24,26,27). The van der Waals surface area contributed by atoms with Crippen LogP contribution in [0.2, 0.25) is 0 Å². The van der Waals surface area contributed by atoms with Crippen LogP contribution in [0.3, 0.4) is 0 Å². The Morgan fingerprint density at radius 2 is 1.81 bits per heavy atom. The zero-order chi connectivity index (χ0) is 23.1. The molecule has 1 saturated heterocycles. The van der Waals surface area contributed by atoms with Crippen molar-refractivity contribution in [2.24, 2.45) is 0 Å². The zero-order valence-corrected chi connectivity index (χ0v) is 17.6. The average Bonchev–Trinajstić information content (AvgIpc) is 3.48. The minimum atomic E-state index is -4.76. The number of imidazole rings is 1. The highest BCUT2D eigenvalue weighted by Crippen LogP contribution is 2.36. The smallest absolute Gasteiger partial charge is 0.351 e. The van der Waals surface area contributed by atoms with Crippen molar-refractivity contribution in [2.75, 3.05) is 18.4 Å². The molecule has 176 valence electrons. The van der Waals surface area contributed by atoms with Gasteiger partial charge in [-0.15, -0.1) is 0 Å². The van der Waals surface area contributed by atoms with Gasteiger partial charge in [-0.1, -0.05) is 0 Å². The minimum Gasteiger partial charge on any atom is -0.351 e. The molecule has 0 spiro atoms. The third kappa shape index (κ3) is 5.00. The summed E-state index contributed by atoms with van der Waals surface area (Å²) in [5.41, 5.74) is -1.85. The van der Waals surface area contributed by atoms with Crippen LogP contribution in [0.15, 0.2) is 18.7 Å². The molecule has 32 heavy (non-hydrogen) atoms. The summed E-state index contributed by atoms with van der Waals surface area (Å²) in [4.78, 5) is 11.5. The molecule has 1 N–H and O–H groups in total. The van der Waals surface area contributed by atoms with Crippen molar-refractivity contribution in [1.29, 1.82) is 0 Å². The first-order chi connectivity index (χ1) is 15.0. The predicted molar refractivity (Wildman–Crippen MR) is 104 cm³/mol. The summed E-state index contributed by atoms with van der Waals surface area (Å²) >= 11 is 0. The maximum atomic E-state index is 13.4. The Balaban J connectivity index is 1.50. The predicted octanol–water partition coefficient (Wildman–Crippen LogP) is 2.99. The fourth-order valence-electron chi connectivity index (χ4n) is 3.61. The largest absolute Gasteiger partial charge is 0.420 e. The first-order valence-electron chi connectivity index (χ1n) is 10.0. The molecule has 4 rings (SSSR count). The van der Waals surface area contributed by atoms with Crippen LogP contribution in [0, 0.1) is 0 Å². The van der Waals surface area contributed by atoms with Gasteiger partial charge in [0.2, 0.25) is 16.0 Å². The number of hydrogen-bond donors (Lipinski definition) is 1. The second kappa shape index (κ2) is 8.54. The molecule has 0 atom stereocenters. The lowest BCUT2D eigenvalue weighted by Gasteiger charge is -2.31. The van der Waals surface area contributed by atoms with Gasteiger partial charge in [0.15, 0.2) is 0 Å². The van der Waals surface area contributed by atoms with Crippen molar-refractivity contribution in [1.82, 2.24) is 23.8 Å². The highest BCUT2D eigenvalue weighted by Gasteiger charge is 2.41. The summed E-state index contributed by atoms with van der Waals surface area (Å²) in [6.45, 7) is -0.0864. The van der Waals surface area contributed by atoms with Gasteiger partial charge in [0.25, 0.3) is 6.43 Å². The Bertz CT molecular complexity index is 1060. The summed E-state index contributed by atoms with van der Waals surface area (Å²) in [5.74, 6) is -0.0695. The average molecular weight is 480 g/mol. The fraction of sp³-hybridized carbons (Fsp3) is 0.611. The van der Waals surface area contributed by atoms with E-state index in [-0.39, 0.29) is 22.9 Å². The van der Waals surface area contributed by atoms with Gasteiger partial charge in [-0.2, -0.15) is 13.2 Å². The van der Waals surface area contributed by atoms with E-state index in [0.29, 0.717) is 45.0 Å². The van der Waals surface area contributed by atoms with Crippen molar-refractivity contribution in [2.45, 2.75) is 56.1 Å². The number of sulfonamides is 1. The molecule has 8 nitrogen and oxygen atoms in total. The number of rotatable bonds is 7. The van der Waals surface area contributed by atoms with Gasteiger partial charge >= 0.3 is 6.18 Å². The third-order valence-electron chi connectivity index (χ3n) is 5.41. The number of aromatic nitrogens is 4. The Labute approximate surface area is 180 Å². The van der Waals surface area contributed by atoms with Crippen LogP contribution in [0.4, 0.5) is 27.9 Å². The SMILES string of the molecule is O=S(=O)(C1CC1)N1CCC(Nc2ncc(C(F)(F)F)c(-c3cn(CC(F)F)cn3)n2)CC1. The van der Waals surface area contributed by atoms with E-state index in [4.69, 9.17) is 0 Å². The molecule has 2 aliphatic rings. The summed E-state index contributed by atoms with van der Waals surface area (Å²) < 4.78 is 92.6. The van der Waals surface area contributed by atoms with E-state index in [0.717, 1.165) is 17.1 Å². The highest BCUT2D eigenvalue weighted by molar-refractivity contribution is 7.90. The van der Waals surface area contributed by atoms with Crippen LogP contribution in [-0.4, -0.2) is 63.0 Å². The molecular weight excluding hydrogens is 459 g/mol. The molecule has 14 heteroatoms. The fourth-order valence-corrected chi connectivity index (χ4v) is 5.48. The molecule has 0 aromatic carbocycles. The van der Waals surface area contributed by atoms with Crippen molar-refractivity contribution in [3.8, 4) is 11.4 Å². The number of alkyl halides is 5. The van der Waals surface area contributed by atoms with E-state index >= 15 is 0 Å². The van der Waals surface area contributed by atoms with Crippen LogP contribution in [-0.2, 0) is 22.7 Å². The van der Waals surface area contributed by atoms with Crippen molar-refractivity contribution in [3.05, 3.63) is 24.3 Å². The lowest BCUT2D eigenvalue weighted by Crippen LogP contribution is -2.43. The summed E-state index contributed by atoms with van der Waals surface area (Å²) in [7, 11) is -3.27. The van der Waals surface area contributed by atoms with Gasteiger partial charge < -0.3 is 9.88 Å². The first-order valence-corrected chi connectivity index (χ1v) is 11.5. The molecule has 0 unspecified atom stereocenters. The van der Waals surface area contributed by atoms with E-state index in [1.165, 1.54) is 4.31 Å². The van der Waals surface area contributed by atoms with E-state index in [1.807, 2.05) is 0 Å².